The van der Waals surface area contributed by atoms with Crippen LogP contribution in [0.15, 0.2) is 42.9 Å². The van der Waals surface area contributed by atoms with Crippen LogP contribution >= 0.6 is 11.3 Å². The Balaban J connectivity index is 1.50. The normalized spacial score (nSPS) is 16.9. The smallest absolute Gasteiger partial charge is 0.266 e. The zero-order valence-corrected chi connectivity index (χ0v) is 17.9. The topological polar surface area (TPSA) is 71.0 Å². The molecule has 1 aromatic carbocycles. The maximum absolute atomic E-state index is 13.1. The molecule has 4 aromatic rings. The van der Waals surface area contributed by atoms with Gasteiger partial charge in [0.05, 0.1) is 27.7 Å². The van der Waals surface area contributed by atoms with Gasteiger partial charge in [-0.05, 0) is 50.8 Å². The number of rotatable bonds is 3. The SMILES string of the molecule is Cc1c(C(=O)Nc2cnc3ccccc3c2)sc2ncnc(N3CCCCC3C)c12. The van der Waals surface area contributed by atoms with Crippen molar-refractivity contribution in [2.45, 2.75) is 39.2 Å². The maximum atomic E-state index is 13.1. The highest BCUT2D eigenvalue weighted by atomic mass is 32.1. The van der Waals surface area contributed by atoms with Crippen molar-refractivity contribution in [1.82, 2.24) is 15.0 Å². The second kappa shape index (κ2) is 7.65. The highest BCUT2D eigenvalue weighted by Gasteiger charge is 2.25. The van der Waals surface area contributed by atoms with Gasteiger partial charge in [0.2, 0.25) is 0 Å². The molecule has 1 amide bonds. The number of pyridine rings is 1. The average Bonchev–Trinajstić information content (AvgIpc) is 3.11. The van der Waals surface area contributed by atoms with E-state index < -0.39 is 0 Å². The van der Waals surface area contributed by atoms with Crippen LogP contribution in [0.4, 0.5) is 11.5 Å². The van der Waals surface area contributed by atoms with Crippen molar-refractivity contribution in [3.63, 3.8) is 0 Å². The van der Waals surface area contributed by atoms with Crippen molar-refractivity contribution in [3.8, 4) is 0 Å². The van der Waals surface area contributed by atoms with Crippen LogP contribution in [0.3, 0.4) is 0 Å². The fourth-order valence-corrected chi connectivity index (χ4v) is 5.27. The van der Waals surface area contributed by atoms with Crippen molar-refractivity contribution in [2.75, 3.05) is 16.8 Å². The minimum Gasteiger partial charge on any atom is -0.353 e. The molecule has 1 unspecified atom stereocenters. The number of piperidine rings is 1. The summed E-state index contributed by atoms with van der Waals surface area (Å²) in [6.45, 7) is 5.23. The van der Waals surface area contributed by atoms with E-state index in [2.05, 4.69) is 32.1 Å². The zero-order valence-electron chi connectivity index (χ0n) is 17.1. The molecule has 7 heteroatoms. The molecule has 5 rings (SSSR count). The lowest BCUT2D eigenvalue weighted by Crippen LogP contribution is -2.38. The molecule has 1 N–H and O–H groups in total. The molecule has 0 spiro atoms. The van der Waals surface area contributed by atoms with E-state index in [9.17, 15) is 4.79 Å². The number of nitrogens with one attached hydrogen (secondary N) is 1. The molecule has 0 radical (unpaired) electrons. The summed E-state index contributed by atoms with van der Waals surface area (Å²) in [6.07, 6.45) is 6.90. The van der Waals surface area contributed by atoms with Crippen LogP contribution in [0.1, 0.15) is 41.4 Å². The van der Waals surface area contributed by atoms with Gasteiger partial charge in [-0.25, -0.2) is 9.97 Å². The molecule has 152 valence electrons. The molecule has 0 bridgehead atoms. The van der Waals surface area contributed by atoms with E-state index in [1.165, 1.54) is 24.2 Å². The van der Waals surface area contributed by atoms with E-state index in [-0.39, 0.29) is 5.91 Å². The number of nitrogens with zero attached hydrogens (tertiary/aromatic N) is 4. The molecule has 1 atom stereocenters. The van der Waals surface area contributed by atoms with Gasteiger partial charge in [0.15, 0.2) is 0 Å². The van der Waals surface area contributed by atoms with Crippen molar-refractivity contribution < 1.29 is 4.79 Å². The summed E-state index contributed by atoms with van der Waals surface area (Å²) in [5.74, 6) is 0.817. The van der Waals surface area contributed by atoms with Gasteiger partial charge in [0, 0.05) is 18.0 Å². The van der Waals surface area contributed by atoms with Gasteiger partial charge in [0.1, 0.15) is 17.0 Å². The number of para-hydroxylation sites is 1. The summed E-state index contributed by atoms with van der Waals surface area (Å²) < 4.78 is 0. The van der Waals surface area contributed by atoms with Crippen molar-refractivity contribution >= 4 is 49.9 Å². The van der Waals surface area contributed by atoms with Crippen LogP contribution in [0.25, 0.3) is 21.1 Å². The molecule has 30 heavy (non-hydrogen) atoms. The number of amides is 1. The summed E-state index contributed by atoms with van der Waals surface area (Å²) in [5, 5.41) is 5.00. The minimum absolute atomic E-state index is 0.134. The van der Waals surface area contributed by atoms with Crippen molar-refractivity contribution in [1.29, 1.82) is 0 Å². The number of fused-ring (bicyclic) bond motifs is 2. The Labute approximate surface area is 179 Å². The molecule has 6 nitrogen and oxygen atoms in total. The Morgan fingerprint density at radius 1 is 1.20 bits per heavy atom. The number of carbonyl (C=O) groups is 1. The predicted octanol–water partition coefficient (Wildman–Crippen LogP) is 5.18. The Morgan fingerprint density at radius 2 is 2.07 bits per heavy atom. The summed E-state index contributed by atoms with van der Waals surface area (Å²) in [5.41, 5.74) is 2.53. The van der Waals surface area contributed by atoms with Crippen LogP contribution in [0, 0.1) is 6.92 Å². The molecule has 4 heterocycles. The molecular formula is C23H23N5OS. The highest BCUT2D eigenvalue weighted by Crippen LogP contribution is 2.37. The average molecular weight is 418 g/mol. The Kier molecular flexibility index (Phi) is 4.83. The second-order valence-corrected chi connectivity index (χ2v) is 8.84. The lowest BCUT2D eigenvalue weighted by Gasteiger charge is -2.34. The molecule has 3 aromatic heterocycles. The second-order valence-electron chi connectivity index (χ2n) is 7.84. The maximum Gasteiger partial charge on any atom is 0.266 e. The fourth-order valence-electron chi connectivity index (χ4n) is 4.23. The number of anilines is 2. The number of hydrogen-bond acceptors (Lipinski definition) is 6. The summed E-state index contributed by atoms with van der Waals surface area (Å²) in [4.78, 5) is 30.5. The molecule has 0 saturated carbocycles. The number of thiophene rings is 1. The van der Waals surface area contributed by atoms with Crippen LogP contribution < -0.4 is 10.2 Å². The third-order valence-electron chi connectivity index (χ3n) is 5.84. The van der Waals surface area contributed by atoms with Gasteiger partial charge in [-0.3, -0.25) is 9.78 Å². The first-order valence-corrected chi connectivity index (χ1v) is 11.1. The van der Waals surface area contributed by atoms with E-state index in [1.807, 2.05) is 37.3 Å². The first-order valence-electron chi connectivity index (χ1n) is 10.3. The zero-order chi connectivity index (χ0) is 20.7. The molecule has 1 aliphatic heterocycles. The largest absolute Gasteiger partial charge is 0.353 e. The van der Waals surface area contributed by atoms with Gasteiger partial charge in [0.25, 0.3) is 5.91 Å². The molecule has 0 aliphatic carbocycles. The van der Waals surface area contributed by atoms with Crippen molar-refractivity contribution in [2.24, 2.45) is 0 Å². The number of aromatic nitrogens is 3. The van der Waals surface area contributed by atoms with Gasteiger partial charge in [-0.2, -0.15) is 0 Å². The predicted molar refractivity (Wildman–Crippen MR) is 123 cm³/mol. The third kappa shape index (κ3) is 3.29. The number of carbonyl (C=O) groups excluding carboxylic acids is 1. The summed E-state index contributed by atoms with van der Waals surface area (Å²) in [6, 6.07) is 10.3. The minimum atomic E-state index is -0.134. The Bertz CT molecular complexity index is 1250. The lowest BCUT2D eigenvalue weighted by atomic mass is 10.0. The highest BCUT2D eigenvalue weighted by molar-refractivity contribution is 7.20. The number of hydrogen-bond donors (Lipinski definition) is 1. The molecule has 1 fully saturated rings. The number of aryl methyl sites for hydroxylation is 1. The van der Waals surface area contributed by atoms with Crippen LogP contribution in [0.5, 0.6) is 0 Å². The third-order valence-corrected chi connectivity index (χ3v) is 7.04. The first-order chi connectivity index (χ1) is 14.6. The van der Waals surface area contributed by atoms with Gasteiger partial charge >= 0.3 is 0 Å². The van der Waals surface area contributed by atoms with Gasteiger partial charge < -0.3 is 10.2 Å². The lowest BCUT2D eigenvalue weighted by molar-refractivity contribution is 0.103. The quantitative estimate of drug-likeness (QED) is 0.497. The van der Waals surface area contributed by atoms with Gasteiger partial charge in [-0.1, -0.05) is 18.2 Å². The van der Waals surface area contributed by atoms with E-state index in [0.29, 0.717) is 16.6 Å². The number of benzene rings is 1. The monoisotopic (exact) mass is 417 g/mol. The molecular weight excluding hydrogens is 394 g/mol. The summed E-state index contributed by atoms with van der Waals surface area (Å²) in [7, 11) is 0. The van der Waals surface area contributed by atoms with E-state index >= 15 is 0 Å². The van der Waals surface area contributed by atoms with Crippen molar-refractivity contribution in [3.05, 3.63) is 53.3 Å². The van der Waals surface area contributed by atoms with Crippen LogP contribution in [0.2, 0.25) is 0 Å². The molecule has 1 aliphatic rings. The van der Waals surface area contributed by atoms with Crippen LogP contribution in [-0.2, 0) is 0 Å². The first kappa shape index (κ1) is 18.9. The Hall–Kier alpha value is -3.06. The fraction of sp³-hybridized carbons (Fsp3) is 0.304. The van der Waals surface area contributed by atoms with Crippen LogP contribution in [-0.4, -0.2) is 33.4 Å². The van der Waals surface area contributed by atoms with E-state index in [0.717, 1.165) is 45.5 Å². The Morgan fingerprint density at radius 3 is 2.93 bits per heavy atom. The van der Waals surface area contributed by atoms with Gasteiger partial charge in [-0.15, -0.1) is 11.3 Å². The van der Waals surface area contributed by atoms with E-state index in [4.69, 9.17) is 0 Å². The molecule has 1 saturated heterocycles. The summed E-state index contributed by atoms with van der Waals surface area (Å²) >= 11 is 1.42. The van der Waals surface area contributed by atoms with E-state index in [1.54, 1.807) is 12.5 Å². The standard InChI is InChI=1S/C23H23N5OS/c1-14-7-5-6-10-28(14)21-19-15(2)20(30-23(19)26-13-25-21)22(29)27-17-11-16-8-3-4-9-18(16)24-12-17/h3-4,8-9,11-14H,5-7,10H2,1-2H3,(H,27,29).